The summed E-state index contributed by atoms with van der Waals surface area (Å²) in [6.07, 6.45) is 5.36. The van der Waals surface area contributed by atoms with E-state index in [2.05, 4.69) is 27.9 Å². The Bertz CT molecular complexity index is 260. The van der Waals surface area contributed by atoms with Gasteiger partial charge in [-0.15, -0.1) is 0 Å². The number of hydrogen-bond acceptors (Lipinski definition) is 4. The second-order valence-electron chi connectivity index (χ2n) is 5.42. The largest absolute Gasteiger partial charge is 0.353 e. The van der Waals surface area contributed by atoms with Crippen LogP contribution in [0.3, 0.4) is 0 Å². The van der Waals surface area contributed by atoms with E-state index < -0.39 is 0 Å². The van der Waals surface area contributed by atoms with Crippen LogP contribution in [0.15, 0.2) is 0 Å². The molecule has 0 bridgehead atoms. The molecule has 18 heavy (non-hydrogen) atoms. The minimum atomic E-state index is -0.0597. The standard InChI is InChI=1S/C13H26N4O/c1-17(11-4-2-3-5-11)9-8-16-13(18)12-10-14-6-7-15-12/h11-12,14-15H,2-10H2,1H3,(H,16,18). The highest BCUT2D eigenvalue weighted by atomic mass is 16.2. The van der Waals surface area contributed by atoms with E-state index in [1.54, 1.807) is 0 Å². The number of amides is 1. The zero-order chi connectivity index (χ0) is 12.8. The molecule has 1 saturated carbocycles. The number of carbonyl (C=O) groups excluding carboxylic acids is 1. The Morgan fingerprint density at radius 2 is 2.11 bits per heavy atom. The molecule has 1 aliphatic heterocycles. The van der Waals surface area contributed by atoms with Crippen molar-refractivity contribution in [1.29, 1.82) is 0 Å². The molecule has 5 nitrogen and oxygen atoms in total. The number of nitrogens with zero attached hydrogens (tertiary/aromatic N) is 1. The normalized spacial score (nSPS) is 25.6. The molecule has 104 valence electrons. The summed E-state index contributed by atoms with van der Waals surface area (Å²) in [5, 5.41) is 9.47. The van der Waals surface area contributed by atoms with E-state index >= 15 is 0 Å². The van der Waals surface area contributed by atoms with Gasteiger partial charge in [-0.05, 0) is 19.9 Å². The summed E-state index contributed by atoms with van der Waals surface area (Å²) in [5.41, 5.74) is 0. The summed E-state index contributed by atoms with van der Waals surface area (Å²) in [6, 6.07) is 0.673. The summed E-state index contributed by atoms with van der Waals surface area (Å²) in [6.45, 7) is 4.28. The monoisotopic (exact) mass is 254 g/mol. The zero-order valence-electron chi connectivity index (χ0n) is 11.4. The van der Waals surface area contributed by atoms with Gasteiger partial charge in [-0.25, -0.2) is 0 Å². The molecule has 0 radical (unpaired) electrons. The minimum Gasteiger partial charge on any atom is -0.353 e. The summed E-state index contributed by atoms with van der Waals surface area (Å²) in [7, 11) is 2.17. The van der Waals surface area contributed by atoms with Gasteiger partial charge in [-0.2, -0.15) is 0 Å². The zero-order valence-corrected chi connectivity index (χ0v) is 11.4. The van der Waals surface area contributed by atoms with Gasteiger partial charge in [-0.3, -0.25) is 4.79 Å². The van der Waals surface area contributed by atoms with Crippen molar-refractivity contribution in [2.75, 3.05) is 39.8 Å². The molecule has 1 amide bonds. The number of nitrogens with one attached hydrogen (secondary N) is 3. The van der Waals surface area contributed by atoms with Gasteiger partial charge >= 0.3 is 0 Å². The lowest BCUT2D eigenvalue weighted by Crippen LogP contribution is -2.56. The molecule has 2 rings (SSSR count). The first-order chi connectivity index (χ1) is 8.77. The number of rotatable bonds is 5. The first kappa shape index (κ1) is 13.8. The van der Waals surface area contributed by atoms with Crippen LogP contribution in [0.5, 0.6) is 0 Å². The molecule has 1 atom stereocenters. The molecule has 1 unspecified atom stereocenters. The Kier molecular flexibility index (Phi) is 5.41. The van der Waals surface area contributed by atoms with Crippen LogP contribution in [0.4, 0.5) is 0 Å². The molecule has 0 aromatic carbocycles. The smallest absolute Gasteiger partial charge is 0.238 e. The van der Waals surface area contributed by atoms with Crippen molar-refractivity contribution in [1.82, 2.24) is 20.9 Å². The highest BCUT2D eigenvalue weighted by molar-refractivity contribution is 5.82. The third-order valence-corrected chi connectivity index (χ3v) is 4.07. The van der Waals surface area contributed by atoms with E-state index in [4.69, 9.17) is 0 Å². The van der Waals surface area contributed by atoms with Gasteiger partial charge in [0.15, 0.2) is 0 Å². The van der Waals surface area contributed by atoms with Gasteiger partial charge in [0.05, 0.1) is 6.04 Å². The lowest BCUT2D eigenvalue weighted by molar-refractivity contribution is -0.123. The maximum Gasteiger partial charge on any atom is 0.238 e. The Labute approximate surface area is 110 Å². The van der Waals surface area contributed by atoms with E-state index in [1.807, 2.05) is 0 Å². The van der Waals surface area contributed by atoms with Crippen LogP contribution in [0, 0.1) is 0 Å². The summed E-state index contributed by atoms with van der Waals surface area (Å²) in [5.74, 6) is 0.127. The average Bonchev–Trinajstić information content (AvgIpc) is 2.93. The van der Waals surface area contributed by atoms with Crippen LogP contribution < -0.4 is 16.0 Å². The third-order valence-electron chi connectivity index (χ3n) is 4.07. The van der Waals surface area contributed by atoms with Crippen molar-refractivity contribution in [3.05, 3.63) is 0 Å². The molecular weight excluding hydrogens is 228 g/mol. The molecule has 5 heteroatoms. The van der Waals surface area contributed by atoms with Crippen molar-refractivity contribution < 1.29 is 4.79 Å². The Balaban J connectivity index is 1.60. The lowest BCUT2D eigenvalue weighted by atomic mass is 10.2. The second kappa shape index (κ2) is 7.07. The van der Waals surface area contributed by atoms with Crippen molar-refractivity contribution in [2.45, 2.75) is 37.8 Å². The fourth-order valence-electron chi connectivity index (χ4n) is 2.85. The summed E-state index contributed by atoms with van der Waals surface area (Å²) in [4.78, 5) is 14.3. The van der Waals surface area contributed by atoms with Crippen LogP contribution in [0.1, 0.15) is 25.7 Å². The lowest BCUT2D eigenvalue weighted by Gasteiger charge is -2.26. The van der Waals surface area contributed by atoms with E-state index in [0.717, 1.165) is 38.8 Å². The molecule has 0 spiro atoms. The molecule has 0 aromatic rings. The SMILES string of the molecule is CN(CCNC(=O)C1CNCCN1)C1CCCC1. The molecule has 1 heterocycles. The van der Waals surface area contributed by atoms with E-state index in [1.165, 1.54) is 25.7 Å². The van der Waals surface area contributed by atoms with Gasteiger partial charge in [0.2, 0.25) is 5.91 Å². The molecular formula is C13H26N4O. The van der Waals surface area contributed by atoms with Gasteiger partial charge < -0.3 is 20.9 Å². The number of likely N-dealkylation sites (N-methyl/N-ethyl adjacent to an activating group) is 1. The fourth-order valence-corrected chi connectivity index (χ4v) is 2.85. The average molecular weight is 254 g/mol. The van der Waals surface area contributed by atoms with Crippen molar-refractivity contribution >= 4 is 5.91 Å². The third kappa shape index (κ3) is 3.93. The van der Waals surface area contributed by atoms with Crippen molar-refractivity contribution in [2.24, 2.45) is 0 Å². The van der Waals surface area contributed by atoms with Crippen molar-refractivity contribution in [3.8, 4) is 0 Å². The van der Waals surface area contributed by atoms with Gasteiger partial charge in [0.25, 0.3) is 0 Å². The molecule has 1 saturated heterocycles. The highest BCUT2D eigenvalue weighted by Gasteiger charge is 2.21. The summed E-state index contributed by atoms with van der Waals surface area (Å²) >= 11 is 0. The highest BCUT2D eigenvalue weighted by Crippen LogP contribution is 2.21. The number of hydrogen-bond donors (Lipinski definition) is 3. The number of piperazine rings is 1. The predicted octanol–water partition coefficient (Wildman–Crippen LogP) is -0.462. The topological polar surface area (TPSA) is 56.4 Å². The second-order valence-corrected chi connectivity index (χ2v) is 5.42. The van der Waals surface area contributed by atoms with E-state index in [-0.39, 0.29) is 11.9 Å². The maximum absolute atomic E-state index is 11.9. The Hall–Kier alpha value is -0.650. The van der Waals surface area contributed by atoms with Crippen LogP contribution in [0.2, 0.25) is 0 Å². The first-order valence-electron chi connectivity index (χ1n) is 7.19. The molecule has 0 aromatic heterocycles. The summed E-state index contributed by atoms with van der Waals surface area (Å²) < 4.78 is 0. The van der Waals surface area contributed by atoms with Crippen molar-refractivity contribution in [3.63, 3.8) is 0 Å². The molecule has 1 aliphatic carbocycles. The van der Waals surface area contributed by atoms with Gasteiger partial charge in [0.1, 0.15) is 0 Å². The van der Waals surface area contributed by atoms with Crippen LogP contribution in [0.25, 0.3) is 0 Å². The van der Waals surface area contributed by atoms with E-state index in [9.17, 15) is 4.79 Å². The van der Waals surface area contributed by atoms with Crippen LogP contribution in [-0.4, -0.2) is 62.7 Å². The quantitative estimate of drug-likeness (QED) is 0.621. The Morgan fingerprint density at radius 1 is 1.33 bits per heavy atom. The van der Waals surface area contributed by atoms with Gasteiger partial charge in [0, 0.05) is 38.8 Å². The molecule has 2 aliphatic rings. The first-order valence-corrected chi connectivity index (χ1v) is 7.19. The van der Waals surface area contributed by atoms with Crippen LogP contribution >= 0.6 is 0 Å². The number of carbonyl (C=O) groups is 1. The molecule has 3 N–H and O–H groups in total. The van der Waals surface area contributed by atoms with Gasteiger partial charge in [-0.1, -0.05) is 12.8 Å². The predicted molar refractivity (Wildman–Crippen MR) is 72.6 cm³/mol. The Morgan fingerprint density at radius 3 is 2.78 bits per heavy atom. The molecule has 2 fully saturated rings. The minimum absolute atomic E-state index is 0.0597. The fraction of sp³-hybridized carbons (Fsp3) is 0.923. The van der Waals surface area contributed by atoms with E-state index in [0.29, 0.717) is 0 Å². The maximum atomic E-state index is 11.9. The van der Waals surface area contributed by atoms with Crippen LogP contribution in [-0.2, 0) is 4.79 Å².